The van der Waals surface area contributed by atoms with Crippen LogP contribution in [0.1, 0.15) is 17.0 Å². The van der Waals surface area contributed by atoms with Crippen molar-refractivity contribution in [2.45, 2.75) is 19.6 Å². The first-order valence-corrected chi connectivity index (χ1v) is 10.2. The van der Waals surface area contributed by atoms with Crippen LogP contribution < -0.4 is 15.4 Å². The number of carbonyl (C=O) groups excluding carboxylic acids is 1. The van der Waals surface area contributed by atoms with Crippen LogP contribution in [0.3, 0.4) is 0 Å². The molecule has 2 N–H and O–H groups in total. The van der Waals surface area contributed by atoms with Gasteiger partial charge in [-0.3, -0.25) is 4.68 Å². The number of aromatic nitrogens is 5. The van der Waals surface area contributed by atoms with E-state index < -0.39 is 17.9 Å². The largest absolute Gasteiger partial charge is 0.475 e. The Balaban J connectivity index is 1.65. The van der Waals surface area contributed by atoms with Gasteiger partial charge in [-0.1, -0.05) is 11.6 Å². The summed E-state index contributed by atoms with van der Waals surface area (Å²) >= 11 is 5.95. The number of pyridine rings is 1. The van der Waals surface area contributed by atoms with Crippen LogP contribution >= 0.6 is 11.6 Å². The maximum Gasteiger partial charge on any atom is 0.435 e. The highest BCUT2D eigenvalue weighted by molar-refractivity contribution is 6.29. The third-order valence-electron chi connectivity index (χ3n) is 4.38. The highest BCUT2D eigenvalue weighted by Gasteiger charge is 2.38. The van der Waals surface area contributed by atoms with Crippen LogP contribution in [0.25, 0.3) is 11.3 Å². The van der Waals surface area contributed by atoms with E-state index in [2.05, 4.69) is 30.9 Å². The molecule has 14 heteroatoms. The Kier molecular flexibility index (Phi) is 7.89. The summed E-state index contributed by atoms with van der Waals surface area (Å²) < 4.78 is 51.2. The van der Waals surface area contributed by atoms with Gasteiger partial charge in [-0.05, 0) is 24.6 Å². The lowest BCUT2D eigenvalue weighted by molar-refractivity contribution is -0.141. The van der Waals surface area contributed by atoms with E-state index in [1.54, 1.807) is 13.0 Å². The second-order valence-corrected chi connectivity index (χ2v) is 7.48. The molecule has 3 heterocycles. The van der Waals surface area contributed by atoms with E-state index in [-0.39, 0.29) is 35.4 Å². The Morgan fingerprint density at radius 1 is 1.21 bits per heavy atom. The van der Waals surface area contributed by atoms with Crippen molar-refractivity contribution in [3.63, 3.8) is 0 Å². The van der Waals surface area contributed by atoms with Crippen LogP contribution in [0.2, 0.25) is 5.15 Å². The molecule has 0 spiro atoms. The van der Waals surface area contributed by atoms with Crippen molar-refractivity contribution in [2.75, 3.05) is 25.6 Å². The lowest BCUT2D eigenvalue weighted by Gasteiger charge is -2.11. The standard InChI is InChI=1S/C20H21ClF3N7O3/c1-11-6-13(28-29-17(11)14-10-31(2)30-18(14)20(22,23)24)9-25-19(32)26-12-7-15(21)27-16(8-12)34-5-4-33-3/h6-8,10H,4-5,9H2,1-3H3,(H2,25,26,27,32). The van der Waals surface area contributed by atoms with Gasteiger partial charge < -0.3 is 20.1 Å². The minimum atomic E-state index is -4.63. The maximum atomic E-state index is 13.3. The number of nitrogens with zero attached hydrogens (tertiary/aromatic N) is 5. The minimum Gasteiger partial charge on any atom is -0.475 e. The second kappa shape index (κ2) is 10.7. The lowest BCUT2D eigenvalue weighted by Crippen LogP contribution is -2.28. The summed E-state index contributed by atoms with van der Waals surface area (Å²) in [7, 11) is 2.92. The number of ether oxygens (including phenoxy) is 2. The number of carbonyl (C=O) groups is 1. The Morgan fingerprint density at radius 2 is 1.97 bits per heavy atom. The Morgan fingerprint density at radius 3 is 2.65 bits per heavy atom. The van der Waals surface area contributed by atoms with Gasteiger partial charge in [0.05, 0.1) is 35.8 Å². The number of halogens is 4. The number of methoxy groups -OCH3 is 1. The van der Waals surface area contributed by atoms with E-state index in [9.17, 15) is 18.0 Å². The number of nitrogens with one attached hydrogen (secondary N) is 2. The monoisotopic (exact) mass is 499 g/mol. The van der Waals surface area contributed by atoms with Gasteiger partial charge in [-0.25, -0.2) is 9.78 Å². The molecule has 0 atom stereocenters. The molecule has 0 bridgehead atoms. The fourth-order valence-corrected chi connectivity index (χ4v) is 3.16. The number of urea groups is 1. The number of hydrogen-bond donors (Lipinski definition) is 2. The van der Waals surface area contributed by atoms with Crippen molar-refractivity contribution < 1.29 is 27.4 Å². The van der Waals surface area contributed by atoms with Gasteiger partial charge in [0, 0.05) is 26.4 Å². The molecule has 0 fully saturated rings. The van der Waals surface area contributed by atoms with Crippen molar-refractivity contribution in [3.05, 3.63) is 46.5 Å². The third-order valence-corrected chi connectivity index (χ3v) is 4.58. The summed E-state index contributed by atoms with van der Waals surface area (Å²) in [6.45, 7) is 2.20. The lowest BCUT2D eigenvalue weighted by atomic mass is 10.1. The average molecular weight is 500 g/mol. The van der Waals surface area contributed by atoms with Gasteiger partial charge in [-0.2, -0.15) is 23.4 Å². The molecule has 0 radical (unpaired) electrons. The third kappa shape index (κ3) is 6.54. The highest BCUT2D eigenvalue weighted by Crippen LogP contribution is 2.36. The number of alkyl halides is 3. The molecule has 0 aliphatic rings. The van der Waals surface area contributed by atoms with Crippen LogP contribution in [-0.2, 0) is 24.5 Å². The molecule has 10 nitrogen and oxygen atoms in total. The van der Waals surface area contributed by atoms with Gasteiger partial charge >= 0.3 is 12.2 Å². The number of amides is 2. The summed E-state index contributed by atoms with van der Waals surface area (Å²) in [6, 6.07) is 3.91. The van der Waals surface area contributed by atoms with Crippen molar-refractivity contribution in [2.24, 2.45) is 7.05 Å². The molecule has 2 amide bonds. The van der Waals surface area contributed by atoms with Gasteiger partial charge in [0.2, 0.25) is 5.88 Å². The van der Waals surface area contributed by atoms with Gasteiger partial charge in [0.1, 0.15) is 11.8 Å². The predicted octanol–water partition coefficient (Wildman–Crippen LogP) is 3.60. The molecule has 0 saturated heterocycles. The second-order valence-electron chi connectivity index (χ2n) is 7.10. The van der Waals surface area contributed by atoms with Gasteiger partial charge in [0.25, 0.3) is 0 Å². The first-order chi connectivity index (χ1) is 16.1. The molecule has 34 heavy (non-hydrogen) atoms. The Labute approximate surface area is 197 Å². The molecule has 0 aromatic carbocycles. The van der Waals surface area contributed by atoms with Crippen molar-refractivity contribution in [1.82, 2.24) is 30.3 Å². The summed E-state index contributed by atoms with van der Waals surface area (Å²) in [5.74, 6) is 0.213. The van der Waals surface area contributed by atoms with Crippen LogP contribution in [0.4, 0.5) is 23.7 Å². The van der Waals surface area contributed by atoms with E-state index in [1.807, 2.05) is 0 Å². The van der Waals surface area contributed by atoms with Crippen molar-refractivity contribution in [1.29, 1.82) is 0 Å². The molecular formula is C20H21ClF3N7O3. The number of anilines is 1. The molecule has 0 aliphatic heterocycles. The number of hydrogen-bond acceptors (Lipinski definition) is 7. The molecule has 3 aromatic heterocycles. The van der Waals surface area contributed by atoms with E-state index in [0.29, 0.717) is 23.6 Å². The quantitative estimate of drug-likeness (QED) is 0.359. The zero-order valence-electron chi connectivity index (χ0n) is 18.4. The molecular weight excluding hydrogens is 479 g/mol. The van der Waals surface area contributed by atoms with Crippen molar-refractivity contribution in [3.8, 4) is 17.1 Å². The normalized spacial score (nSPS) is 11.4. The fraction of sp³-hybridized carbons (Fsp3) is 0.350. The number of aryl methyl sites for hydroxylation is 2. The van der Waals surface area contributed by atoms with Crippen LogP contribution in [-0.4, -0.2) is 51.3 Å². The average Bonchev–Trinajstić information content (AvgIpc) is 3.14. The van der Waals surface area contributed by atoms with Gasteiger partial charge in [-0.15, -0.1) is 5.10 Å². The first-order valence-electron chi connectivity index (χ1n) is 9.85. The summed E-state index contributed by atoms with van der Waals surface area (Å²) in [6.07, 6.45) is -3.40. The first kappa shape index (κ1) is 25.2. The summed E-state index contributed by atoms with van der Waals surface area (Å²) in [5, 5.41) is 16.7. The van der Waals surface area contributed by atoms with E-state index >= 15 is 0 Å². The van der Waals surface area contributed by atoms with E-state index in [1.165, 1.54) is 32.5 Å². The Bertz CT molecular complexity index is 1170. The minimum absolute atomic E-state index is 0.0187. The van der Waals surface area contributed by atoms with Crippen LogP contribution in [0.5, 0.6) is 5.88 Å². The van der Waals surface area contributed by atoms with Crippen LogP contribution in [0, 0.1) is 6.92 Å². The topological polar surface area (TPSA) is 116 Å². The SMILES string of the molecule is COCCOc1cc(NC(=O)NCc2cc(C)c(-c3cn(C)nc3C(F)(F)F)nn2)cc(Cl)n1. The molecule has 182 valence electrons. The van der Waals surface area contributed by atoms with E-state index in [4.69, 9.17) is 21.1 Å². The summed E-state index contributed by atoms with van der Waals surface area (Å²) in [5.41, 5.74) is -0.0101. The number of rotatable bonds is 8. The molecule has 0 saturated carbocycles. The molecule has 3 aromatic rings. The molecule has 0 unspecified atom stereocenters. The zero-order chi connectivity index (χ0) is 24.9. The fourth-order valence-electron chi connectivity index (χ4n) is 2.96. The maximum absolute atomic E-state index is 13.3. The predicted molar refractivity (Wildman–Crippen MR) is 116 cm³/mol. The summed E-state index contributed by atoms with van der Waals surface area (Å²) in [4.78, 5) is 16.3. The van der Waals surface area contributed by atoms with Crippen LogP contribution in [0.15, 0.2) is 24.4 Å². The molecule has 3 rings (SSSR count). The smallest absolute Gasteiger partial charge is 0.435 e. The van der Waals surface area contributed by atoms with Gasteiger partial charge in [0.15, 0.2) is 5.69 Å². The molecule has 0 aliphatic carbocycles. The zero-order valence-corrected chi connectivity index (χ0v) is 19.2. The highest BCUT2D eigenvalue weighted by atomic mass is 35.5. The Hall–Kier alpha value is -3.45. The van der Waals surface area contributed by atoms with E-state index in [0.717, 1.165) is 4.68 Å². The van der Waals surface area contributed by atoms with Crippen molar-refractivity contribution >= 4 is 23.3 Å².